The number of aryl methyl sites for hydroxylation is 1. The fourth-order valence-corrected chi connectivity index (χ4v) is 3.95. The second-order valence-electron chi connectivity index (χ2n) is 6.85. The molecule has 2 aromatic rings. The first-order valence-electron chi connectivity index (χ1n) is 8.48. The lowest BCUT2D eigenvalue weighted by Gasteiger charge is -2.36. The molecule has 23 heavy (non-hydrogen) atoms. The summed E-state index contributed by atoms with van der Waals surface area (Å²) in [4.78, 5) is 2.58. The minimum atomic E-state index is 0.402. The van der Waals surface area contributed by atoms with Crippen molar-refractivity contribution in [3.63, 3.8) is 0 Å². The van der Waals surface area contributed by atoms with Crippen LogP contribution in [0, 0.1) is 12.8 Å². The van der Waals surface area contributed by atoms with Gasteiger partial charge in [0.25, 0.3) is 0 Å². The van der Waals surface area contributed by atoms with Crippen molar-refractivity contribution < 1.29 is 0 Å². The Labute approximate surface area is 137 Å². The molecular weight excluding hydrogens is 286 g/mol. The molecule has 5 nitrogen and oxygen atoms in total. The van der Waals surface area contributed by atoms with Crippen molar-refractivity contribution in [2.75, 3.05) is 13.1 Å². The number of nitrogens with one attached hydrogen (secondary N) is 2. The Hall–Kier alpha value is -1.69. The largest absolute Gasteiger partial charge is 0.298 e. The Kier molecular flexibility index (Phi) is 3.93. The third kappa shape index (κ3) is 2.80. The van der Waals surface area contributed by atoms with Gasteiger partial charge in [-0.05, 0) is 18.9 Å². The van der Waals surface area contributed by atoms with Crippen LogP contribution in [0.3, 0.4) is 0 Å². The average molecular weight is 311 g/mol. The van der Waals surface area contributed by atoms with Gasteiger partial charge >= 0.3 is 0 Å². The van der Waals surface area contributed by atoms with E-state index in [1.54, 1.807) is 0 Å². The van der Waals surface area contributed by atoms with Gasteiger partial charge in [-0.1, -0.05) is 30.3 Å². The van der Waals surface area contributed by atoms with E-state index in [2.05, 4.69) is 58.1 Å². The summed E-state index contributed by atoms with van der Waals surface area (Å²) in [6, 6.07) is 11.8. The molecule has 3 atom stereocenters. The number of aromatic nitrogens is 2. The van der Waals surface area contributed by atoms with Gasteiger partial charge in [-0.25, -0.2) is 5.43 Å². The number of hydrogen-bond acceptors (Lipinski definition) is 4. The van der Waals surface area contributed by atoms with Gasteiger partial charge in [-0.15, -0.1) is 0 Å². The molecule has 0 spiro atoms. The minimum absolute atomic E-state index is 0.402. The molecule has 0 saturated carbocycles. The van der Waals surface area contributed by atoms with Gasteiger partial charge in [-0.2, -0.15) is 5.10 Å². The average Bonchev–Trinajstić information content (AvgIpc) is 3.14. The molecule has 3 heterocycles. The van der Waals surface area contributed by atoms with Gasteiger partial charge < -0.3 is 0 Å². The zero-order valence-corrected chi connectivity index (χ0v) is 13.9. The molecule has 0 bridgehead atoms. The van der Waals surface area contributed by atoms with Crippen molar-refractivity contribution in [2.24, 2.45) is 13.0 Å². The van der Waals surface area contributed by atoms with Crippen molar-refractivity contribution in [3.8, 4) is 0 Å². The molecule has 0 radical (unpaired) electrons. The van der Waals surface area contributed by atoms with Gasteiger partial charge in [0, 0.05) is 49.9 Å². The number of likely N-dealkylation sites (tertiary alicyclic amines) is 1. The maximum Gasteiger partial charge on any atom is 0.0537 e. The van der Waals surface area contributed by atoms with E-state index in [0.717, 1.165) is 19.6 Å². The maximum atomic E-state index is 4.38. The lowest BCUT2D eigenvalue weighted by molar-refractivity contribution is 0.148. The summed E-state index contributed by atoms with van der Waals surface area (Å²) >= 11 is 0. The highest BCUT2D eigenvalue weighted by Gasteiger charge is 2.40. The Morgan fingerprint density at radius 3 is 2.78 bits per heavy atom. The summed E-state index contributed by atoms with van der Waals surface area (Å²) < 4.78 is 1.97. The van der Waals surface area contributed by atoms with E-state index < -0.39 is 0 Å². The predicted octanol–water partition coefficient (Wildman–Crippen LogP) is 1.77. The molecule has 2 aliphatic rings. The quantitative estimate of drug-likeness (QED) is 0.907. The molecule has 1 aromatic heterocycles. The summed E-state index contributed by atoms with van der Waals surface area (Å²) in [5.41, 5.74) is 11.0. The van der Waals surface area contributed by atoms with E-state index in [-0.39, 0.29) is 0 Å². The summed E-state index contributed by atoms with van der Waals surface area (Å²) in [7, 11) is 2.02. The topological polar surface area (TPSA) is 45.1 Å². The highest BCUT2D eigenvalue weighted by molar-refractivity contribution is 5.22. The van der Waals surface area contributed by atoms with E-state index in [9.17, 15) is 0 Å². The number of benzene rings is 1. The highest BCUT2D eigenvalue weighted by Crippen LogP contribution is 2.34. The van der Waals surface area contributed by atoms with E-state index in [4.69, 9.17) is 0 Å². The number of rotatable bonds is 3. The van der Waals surface area contributed by atoms with Crippen LogP contribution in [-0.4, -0.2) is 33.8 Å². The van der Waals surface area contributed by atoms with Crippen molar-refractivity contribution in [3.05, 3.63) is 53.3 Å². The number of fused-ring (bicyclic) bond motifs is 1. The predicted molar refractivity (Wildman–Crippen MR) is 90.6 cm³/mol. The zero-order chi connectivity index (χ0) is 15.8. The van der Waals surface area contributed by atoms with Gasteiger partial charge in [0.05, 0.1) is 12.2 Å². The van der Waals surface area contributed by atoms with Crippen molar-refractivity contribution in [1.29, 1.82) is 0 Å². The van der Waals surface area contributed by atoms with E-state index in [1.807, 2.05) is 17.9 Å². The number of nitrogens with zero attached hydrogens (tertiary/aromatic N) is 3. The normalized spacial score (nSPS) is 28.0. The molecule has 3 unspecified atom stereocenters. The second-order valence-corrected chi connectivity index (χ2v) is 6.85. The molecule has 2 N–H and O–H groups in total. The Morgan fingerprint density at radius 1 is 1.22 bits per heavy atom. The Morgan fingerprint density at radius 2 is 2.04 bits per heavy atom. The summed E-state index contributed by atoms with van der Waals surface area (Å²) in [6.45, 7) is 5.43. The number of piperidine rings is 1. The fourth-order valence-electron chi connectivity index (χ4n) is 3.95. The molecule has 2 aliphatic heterocycles. The second kappa shape index (κ2) is 6.07. The van der Waals surface area contributed by atoms with Crippen LogP contribution in [0.1, 0.15) is 29.3 Å². The monoisotopic (exact) mass is 311 g/mol. The molecule has 0 aliphatic carbocycles. The molecule has 4 rings (SSSR count). The summed E-state index contributed by atoms with van der Waals surface area (Å²) in [6.07, 6.45) is 3.21. The van der Waals surface area contributed by atoms with Gasteiger partial charge in [0.15, 0.2) is 0 Å². The maximum absolute atomic E-state index is 4.38. The molecular formula is C18H25N5. The van der Waals surface area contributed by atoms with Crippen LogP contribution >= 0.6 is 0 Å². The smallest absolute Gasteiger partial charge is 0.0537 e. The van der Waals surface area contributed by atoms with E-state index >= 15 is 0 Å². The molecule has 5 heteroatoms. The molecule has 1 aromatic carbocycles. The van der Waals surface area contributed by atoms with Crippen LogP contribution in [0.15, 0.2) is 36.5 Å². The first-order valence-corrected chi connectivity index (χ1v) is 8.48. The molecule has 122 valence electrons. The van der Waals surface area contributed by atoms with Gasteiger partial charge in [0.2, 0.25) is 0 Å². The lowest BCUT2D eigenvalue weighted by atomic mass is 9.85. The SMILES string of the molecule is Cc1c(CN2CCC3NNC(c4ccccc4)C3C2)cnn1C. The lowest BCUT2D eigenvalue weighted by Crippen LogP contribution is -2.45. The minimum Gasteiger partial charge on any atom is -0.298 e. The highest BCUT2D eigenvalue weighted by atomic mass is 15.4. The molecule has 2 saturated heterocycles. The van der Waals surface area contributed by atoms with Gasteiger partial charge in [0.1, 0.15) is 0 Å². The Bertz CT molecular complexity index is 665. The molecule has 0 amide bonds. The zero-order valence-electron chi connectivity index (χ0n) is 13.9. The van der Waals surface area contributed by atoms with Crippen LogP contribution in [-0.2, 0) is 13.6 Å². The molecule has 2 fully saturated rings. The van der Waals surface area contributed by atoms with Crippen molar-refractivity contribution >= 4 is 0 Å². The summed E-state index contributed by atoms with van der Waals surface area (Å²) in [5.74, 6) is 0.614. The van der Waals surface area contributed by atoms with Crippen LogP contribution in [0.25, 0.3) is 0 Å². The van der Waals surface area contributed by atoms with Crippen molar-refractivity contribution in [2.45, 2.75) is 32.0 Å². The van der Waals surface area contributed by atoms with Crippen LogP contribution < -0.4 is 10.9 Å². The van der Waals surface area contributed by atoms with E-state index in [1.165, 1.54) is 23.2 Å². The van der Waals surface area contributed by atoms with Crippen LogP contribution in [0.4, 0.5) is 0 Å². The van der Waals surface area contributed by atoms with E-state index in [0.29, 0.717) is 18.0 Å². The Balaban J connectivity index is 1.48. The summed E-state index contributed by atoms with van der Waals surface area (Å²) in [5, 5.41) is 4.38. The van der Waals surface area contributed by atoms with Crippen LogP contribution in [0.2, 0.25) is 0 Å². The fraction of sp³-hybridized carbons (Fsp3) is 0.500. The first kappa shape index (κ1) is 14.9. The van der Waals surface area contributed by atoms with Crippen molar-refractivity contribution in [1.82, 2.24) is 25.5 Å². The van der Waals surface area contributed by atoms with Gasteiger partial charge in [-0.3, -0.25) is 15.0 Å². The number of hydrogen-bond donors (Lipinski definition) is 2. The first-order chi connectivity index (χ1) is 11.2. The third-order valence-corrected chi connectivity index (χ3v) is 5.48. The third-order valence-electron chi connectivity index (χ3n) is 5.48. The van der Waals surface area contributed by atoms with Crippen LogP contribution in [0.5, 0.6) is 0 Å². The number of hydrazine groups is 1. The standard InChI is InChI=1S/C18H25N5/c1-13-15(10-19-22(13)2)11-23-9-8-17-16(12-23)18(21-20-17)14-6-4-3-5-7-14/h3-7,10,16-18,20-21H,8-9,11-12H2,1-2H3.